The van der Waals surface area contributed by atoms with Crippen molar-refractivity contribution in [2.75, 3.05) is 26.2 Å². The van der Waals surface area contributed by atoms with Crippen LogP contribution in [0.15, 0.2) is 0 Å². The van der Waals surface area contributed by atoms with Crippen molar-refractivity contribution in [3.8, 4) is 0 Å². The largest absolute Gasteiger partial charge is 0.341 e. The van der Waals surface area contributed by atoms with Crippen LogP contribution in [0, 0.1) is 29.6 Å². The van der Waals surface area contributed by atoms with Crippen molar-refractivity contribution >= 4 is 17.5 Å². The van der Waals surface area contributed by atoms with Gasteiger partial charge in [0.1, 0.15) is 0 Å². The monoisotopic (exact) mass is 437 g/mol. The SMILES string of the molecule is CC(C)[C@@H](NCC1CCC2NCCC2C1)C(=O)N1CCC(C2CCC(Cl)CC2)CC1. The van der Waals surface area contributed by atoms with E-state index in [0.29, 0.717) is 17.2 Å². The molecule has 30 heavy (non-hydrogen) atoms. The zero-order chi connectivity index (χ0) is 21.1. The highest BCUT2D eigenvalue weighted by atomic mass is 35.5. The molecule has 172 valence electrons. The van der Waals surface area contributed by atoms with E-state index in [-0.39, 0.29) is 6.04 Å². The molecule has 4 rings (SSSR count). The zero-order valence-electron chi connectivity index (χ0n) is 19.3. The first-order chi connectivity index (χ1) is 14.5. The smallest absolute Gasteiger partial charge is 0.239 e. The standard InChI is InChI=1S/C25H44ClN3O/c1-17(2)24(28-16-18-3-8-23-21(15-18)9-12-27-23)25(30)29-13-10-20(11-14-29)19-4-6-22(26)7-5-19/h17-24,27-28H,3-16H2,1-2H3/t18?,19?,21?,22?,23?,24-/m1/s1. The first-order valence-corrected chi connectivity index (χ1v) is 13.3. The Labute approximate surface area is 189 Å². The van der Waals surface area contributed by atoms with Crippen LogP contribution in [0.2, 0.25) is 0 Å². The van der Waals surface area contributed by atoms with Crippen molar-refractivity contribution in [1.29, 1.82) is 0 Å². The molecule has 2 aliphatic heterocycles. The highest BCUT2D eigenvalue weighted by Crippen LogP contribution is 2.37. The first-order valence-electron chi connectivity index (χ1n) is 12.9. The highest BCUT2D eigenvalue weighted by molar-refractivity contribution is 6.20. The van der Waals surface area contributed by atoms with Gasteiger partial charge < -0.3 is 15.5 Å². The van der Waals surface area contributed by atoms with E-state index in [4.69, 9.17) is 11.6 Å². The van der Waals surface area contributed by atoms with Crippen molar-refractivity contribution in [2.24, 2.45) is 29.6 Å². The van der Waals surface area contributed by atoms with Crippen molar-refractivity contribution in [3.05, 3.63) is 0 Å². The molecule has 0 aromatic carbocycles. The summed E-state index contributed by atoms with van der Waals surface area (Å²) in [4.78, 5) is 15.5. The molecule has 2 heterocycles. The van der Waals surface area contributed by atoms with Crippen molar-refractivity contribution in [3.63, 3.8) is 0 Å². The van der Waals surface area contributed by atoms with Crippen molar-refractivity contribution in [2.45, 2.75) is 95.5 Å². The number of nitrogens with one attached hydrogen (secondary N) is 2. The molecular formula is C25H44ClN3O. The van der Waals surface area contributed by atoms with Crippen LogP contribution in [0.3, 0.4) is 0 Å². The Hall–Kier alpha value is -0.320. The number of rotatable bonds is 6. The fourth-order valence-electron chi connectivity index (χ4n) is 6.83. The fraction of sp³-hybridized carbons (Fsp3) is 0.960. The molecule has 2 saturated carbocycles. The van der Waals surface area contributed by atoms with E-state index in [0.717, 1.165) is 49.3 Å². The van der Waals surface area contributed by atoms with E-state index >= 15 is 0 Å². The number of hydrogen-bond donors (Lipinski definition) is 2. The Bertz CT molecular complexity index is 555. The van der Waals surface area contributed by atoms with Crippen LogP contribution in [0.1, 0.15) is 78.1 Å². The summed E-state index contributed by atoms with van der Waals surface area (Å²) in [5, 5.41) is 7.79. The van der Waals surface area contributed by atoms with E-state index < -0.39 is 0 Å². The van der Waals surface area contributed by atoms with Crippen molar-refractivity contribution in [1.82, 2.24) is 15.5 Å². The lowest BCUT2D eigenvalue weighted by Gasteiger charge is -2.40. The van der Waals surface area contributed by atoms with Gasteiger partial charge in [-0.25, -0.2) is 0 Å². The first kappa shape index (κ1) is 22.9. The molecule has 4 atom stereocenters. The van der Waals surface area contributed by atoms with Crippen LogP contribution in [0.5, 0.6) is 0 Å². The summed E-state index contributed by atoms with van der Waals surface area (Å²) in [6, 6.07) is 0.747. The number of fused-ring (bicyclic) bond motifs is 1. The molecule has 2 aliphatic carbocycles. The van der Waals surface area contributed by atoms with Gasteiger partial charge in [-0.05, 0) is 107 Å². The molecule has 5 heteroatoms. The van der Waals surface area contributed by atoms with Gasteiger partial charge in [-0.15, -0.1) is 11.6 Å². The van der Waals surface area contributed by atoms with Gasteiger partial charge in [-0.2, -0.15) is 0 Å². The molecule has 2 saturated heterocycles. The number of alkyl halides is 1. The minimum Gasteiger partial charge on any atom is -0.341 e. The number of piperidine rings is 1. The van der Waals surface area contributed by atoms with E-state index in [2.05, 4.69) is 29.4 Å². The molecule has 3 unspecified atom stereocenters. The number of hydrogen-bond acceptors (Lipinski definition) is 3. The quantitative estimate of drug-likeness (QED) is 0.604. The Morgan fingerprint density at radius 3 is 2.37 bits per heavy atom. The van der Waals surface area contributed by atoms with E-state index in [9.17, 15) is 4.79 Å². The molecule has 0 radical (unpaired) electrons. The van der Waals surface area contributed by atoms with Crippen molar-refractivity contribution < 1.29 is 4.79 Å². The Balaban J connectivity index is 1.23. The highest BCUT2D eigenvalue weighted by Gasteiger charge is 2.36. The average molecular weight is 438 g/mol. The van der Waals surface area contributed by atoms with Gasteiger partial charge >= 0.3 is 0 Å². The second kappa shape index (κ2) is 10.5. The van der Waals surface area contributed by atoms with Gasteiger partial charge in [0.2, 0.25) is 5.91 Å². The summed E-state index contributed by atoms with van der Waals surface area (Å²) in [5.74, 6) is 3.95. The molecule has 1 amide bonds. The summed E-state index contributed by atoms with van der Waals surface area (Å²) in [7, 11) is 0. The number of likely N-dealkylation sites (tertiary alicyclic amines) is 1. The lowest BCUT2D eigenvalue weighted by molar-refractivity contribution is -0.136. The minimum absolute atomic E-state index is 0.0207. The van der Waals surface area contributed by atoms with Gasteiger partial charge in [-0.1, -0.05) is 13.8 Å². The number of carbonyl (C=O) groups is 1. The summed E-state index contributed by atoms with van der Waals surface area (Å²) < 4.78 is 0. The molecule has 4 aliphatic rings. The topological polar surface area (TPSA) is 44.4 Å². The molecule has 4 nitrogen and oxygen atoms in total. The molecule has 0 spiro atoms. The van der Waals surface area contributed by atoms with Gasteiger partial charge in [0, 0.05) is 24.5 Å². The zero-order valence-corrected chi connectivity index (χ0v) is 20.0. The lowest BCUT2D eigenvalue weighted by atomic mass is 9.75. The molecule has 0 bridgehead atoms. The molecule has 2 N–H and O–H groups in total. The fourth-order valence-corrected chi connectivity index (χ4v) is 7.08. The third-order valence-corrected chi connectivity index (χ3v) is 9.23. The predicted molar refractivity (Wildman–Crippen MR) is 125 cm³/mol. The number of carbonyl (C=O) groups excluding carboxylic acids is 1. The average Bonchev–Trinajstić information content (AvgIpc) is 3.22. The van der Waals surface area contributed by atoms with Gasteiger partial charge in [0.05, 0.1) is 6.04 Å². The second-order valence-corrected chi connectivity index (χ2v) is 11.7. The van der Waals surface area contributed by atoms with Gasteiger partial charge in [0.15, 0.2) is 0 Å². The molecule has 4 fully saturated rings. The second-order valence-electron chi connectivity index (χ2n) is 11.1. The predicted octanol–water partition coefficient (Wildman–Crippen LogP) is 4.42. The third-order valence-electron chi connectivity index (χ3n) is 8.79. The number of nitrogens with zero attached hydrogens (tertiary/aromatic N) is 1. The maximum absolute atomic E-state index is 13.4. The maximum atomic E-state index is 13.4. The Kier molecular flexibility index (Phi) is 8.02. The van der Waals surface area contributed by atoms with Gasteiger partial charge in [0.25, 0.3) is 0 Å². The van der Waals surface area contributed by atoms with Crippen LogP contribution < -0.4 is 10.6 Å². The molecular weight excluding hydrogens is 394 g/mol. The Morgan fingerprint density at radius 2 is 1.67 bits per heavy atom. The number of halogens is 1. The Morgan fingerprint density at radius 1 is 0.967 bits per heavy atom. The van der Waals surface area contributed by atoms with Crippen LogP contribution >= 0.6 is 11.6 Å². The van der Waals surface area contributed by atoms with Gasteiger partial charge in [-0.3, -0.25) is 4.79 Å². The van der Waals surface area contributed by atoms with Crippen LogP contribution in [-0.2, 0) is 4.79 Å². The minimum atomic E-state index is -0.0207. The van der Waals surface area contributed by atoms with E-state index in [1.54, 1.807) is 0 Å². The summed E-state index contributed by atoms with van der Waals surface area (Å²) in [5.41, 5.74) is 0. The molecule has 0 aromatic rings. The normalized spacial score (nSPS) is 36.7. The number of amides is 1. The van der Waals surface area contributed by atoms with Crippen LogP contribution in [0.25, 0.3) is 0 Å². The van der Waals surface area contributed by atoms with Crippen LogP contribution in [-0.4, -0.2) is 54.4 Å². The summed E-state index contributed by atoms with van der Waals surface area (Å²) >= 11 is 6.30. The van der Waals surface area contributed by atoms with E-state index in [1.165, 1.54) is 70.8 Å². The summed E-state index contributed by atoms with van der Waals surface area (Å²) in [6.07, 6.45) is 12.6. The molecule has 0 aromatic heterocycles. The van der Waals surface area contributed by atoms with E-state index in [1.807, 2.05) is 0 Å². The summed E-state index contributed by atoms with van der Waals surface area (Å²) in [6.45, 7) is 8.51. The third kappa shape index (κ3) is 5.53. The van der Waals surface area contributed by atoms with Crippen LogP contribution in [0.4, 0.5) is 0 Å². The maximum Gasteiger partial charge on any atom is 0.239 e. The lowest BCUT2D eigenvalue weighted by Crippen LogP contribution is -2.53.